The summed E-state index contributed by atoms with van der Waals surface area (Å²) < 4.78 is 43.5. The lowest BCUT2D eigenvalue weighted by atomic mass is 10.1. The summed E-state index contributed by atoms with van der Waals surface area (Å²) in [5, 5.41) is 2.28. The number of ether oxygens (including phenoxy) is 1. The molecule has 1 aliphatic rings. The number of nitrogens with zero attached hydrogens (tertiary/aromatic N) is 1. The standard InChI is InChI=1S/C12H11F3N2O3/c1-20-6-8-10(18)17(11(19)16-8)9-5-3-2-4-7(9)12(13,14)15/h2-5,8H,6H2,1H3,(H,16,19). The summed E-state index contributed by atoms with van der Waals surface area (Å²) in [6.07, 6.45) is -4.66. The first-order valence-electron chi connectivity index (χ1n) is 5.66. The predicted molar refractivity (Wildman–Crippen MR) is 63.1 cm³/mol. The van der Waals surface area contributed by atoms with E-state index in [1.165, 1.54) is 19.2 Å². The molecule has 1 aliphatic heterocycles. The third kappa shape index (κ3) is 2.46. The smallest absolute Gasteiger partial charge is 0.382 e. The molecule has 1 heterocycles. The maximum Gasteiger partial charge on any atom is 0.418 e. The van der Waals surface area contributed by atoms with Crippen molar-refractivity contribution in [3.63, 3.8) is 0 Å². The van der Waals surface area contributed by atoms with Crippen molar-refractivity contribution in [1.29, 1.82) is 0 Å². The zero-order valence-corrected chi connectivity index (χ0v) is 10.4. The third-order valence-electron chi connectivity index (χ3n) is 2.80. The molecular formula is C12H11F3N2O3. The van der Waals surface area contributed by atoms with Crippen molar-refractivity contribution in [2.75, 3.05) is 18.6 Å². The Morgan fingerprint density at radius 3 is 2.55 bits per heavy atom. The number of nitrogens with one attached hydrogen (secondary N) is 1. The highest BCUT2D eigenvalue weighted by Gasteiger charge is 2.43. The Morgan fingerprint density at radius 1 is 1.30 bits per heavy atom. The van der Waals surface area contributed by atoms with Gasteiger partial charge in [-0.1, -0.05) is 12.1 Å². The monoisotopic (exact) mass is 288 g/mol. The van der Waals surface area contributed by atoms with E-state index in [4.69, 9.17) is 4.74 Å². The number of rotatable bonds is 3. The molecule has 1 aromatic rings. The van der Waals surface area contributed by atoms with Gasteiger partial charge >= 0.3 is 12.2 Å². The highest BCUT2D eigenvalue weighted by molar-refractivity contribution is 6.21. The van der Waals surface area contributed by atoms with Gasteiger partial charge in [0, 0.05) is 7.11 Å². The van der Waals surface area contributed by atoms with E-state index in [0.29, 0.717) is 4.90 Å². The number of methoxy groups -OCH3 is 1. The summed E-state index contributed by atoms with van der Waals surface area (Å²) in [6.45, 7) is -0.102. The van der Waals surface area contributed by atoms with Crippen LogP contribution in [0.5, 0.6) is 0 Å². The number of alkyl halides is 3. The molecule has 5 nitrogen and oxygen atoms in total. The molecule has 20 heavy (non-hydrogen) atoms. The van der Waals surface area contributed by atoms with Gasteiger partial charge in [-0.25, -0.2) is 9.69 Å². The van der Waals surface area contributed by atoms with E-state index in [1.807, 2.05) is 0 Å². The van der Waals surface area contributed by atoms with Crippen LogP contribution in [0.4, 0.5) is 23.7 Å². The molecule has 1 unspecified atom stereocenters. The fourth-order valence-electron chi connectivity index (χ4n) is 1.95. The van der Waals surface area contributed by atoms with Gasteiger partial charge in [-0.15, -0.1) is 0 Å². The normalized spacial score (nSPS) is 19.4. The molecule has 1 N–H and O–H groups in total. The van der Waals surface area contributed by atoms with Crippen LogP contribution in [0.15, 0.2) is 24.3 Å². The Morgan fingerprint density at radius 2 is 1.95 bits per heavy atom. The second-order valence-electron chi connectivity index (χ2n) is 4.15. The molecule has 0 aromatic heterocycles. The van der Waals surface area contributed by atoms with Crippen molar-refractivity contribution in [3.8, 4) is 0 Å². The molecule has 108 valence electrons. The molecule has 0 aliphatic carbocycles. The number of urea groups is 1. The number of carbonyl (C=O) groups is 2. The molecule has 1 fully saturated rings. The zero-order chi connectivity index (χ0) is 14.9. The number of amides is 3. The molecule has 0 saturated carbocycles. The minimum atomic E-state index is -4.66. The highest BCUT2D eigenvalue weighted by atomic mass is 19.4. The van der Waals surface area contributed by atoms with Crippen LogP contribution < -0.4 is 10.2 Å². The van der Waals surface area contributed by atoms with Crippen LogP contribution in [0.3, 0.4) is 0 Å². The fraction of sp³-hybridized carbons (Fsp3) is 0.333. The molecule has 1 atom stereocenters. The van der Waals surface area contributed by atoms with Gasteiger partial charge in [0.25, 0.3) is 5.91 Å². The van der Waals surface area contributed by atoms with Crippen LogP contribution in [0.25, 0.3) is 0 Å². The van der Waals surface area contributed by atoms with Gasteiger partial charge in [-0.3, -0.25) is 4.79 Å². The summed E-state index contributed by atoms with van der Waals surface area (Å²) in [6, 6.07) is 2.55. The molecule has 8 heteroatoms. The maximum absolute atomic E-state index is 12.9. The van der Waals surface area contributed by atoms with Crippen molar-refractivity contribution < 1.29 is 27.5 Å². The summed E-state index contributed by atoms with van der Waals surface area (Å²) in [5.41, 5.74) is -1.53. The van der Waals surface area contributed by atoms with Crippen molar-refractivity contribution in [3.05, 3.63) is 29.8 Å². The van der Waals surface area contributed by atoms with Crippen LogP contribution in [0.2, 0.25) is 0 Å². The summed E-state index contributed by atoms with van der Waals surface area (Å²) in [7, 11) is 1.33. The SMILES string of the molecule is COCC1NC(=O)N(c2ccccc2C(F)(F)F)C1=O. The first-order valence-corrected chi connectivity index (χ1v) is 5.66. The van der Waals surface area contributed by atoms with Crippen LogP contribution >= 0.6 is 0 Å². The number of imide groups is 1. The quantitative estimate of drug-likeness (QED) is 0.862. The Labute approximate surface area is 112 Å². The maximum atomic E-state index is 12.9. The van der Waals surface area contributed by atoms with Crippen molar-refractivity contribution in [1.82, 2.24) is 5.32 Å². The largest absolute Gasteiger partial charge is 0.418 e. The van der Waals surface area contributed by atoms with Gasteiger partial charge in [-0.2, -0.15) is 13.2 Å². The van der Waals surface area contributed by atoms with Gasteiger partial charge in [-0.05, 0) is 12.1 Å². The number of para-hydroxylation sites is 1. The molecule has 0 spiro atoms. The number of benzene rings is 1. The second-order valence-corrected chi connectivity index (χ2v) is 4.15. The van der Waals surface area contributed by atoms with Crippen LogP contribution in [0.1, 0.15) is 5.56 Å². The number of hydrogen-bond donors (Lipinski definition) is 1. The Bertz CT molecular complexity index is 545. The minimum absolute atomic E-state index is 0.102. The molecule has 1 aromatic carbocycles. The minimum Gasteiger partial charge on any atom is -0.382 e. The number of hydrogen-bond acceptors (Lipinski definition) is 3. The van der Waals surface area contributed by atoms with E-state index in [1.54, 1.807) is 0 Å². The summed E-state index contributed by atoms with van der Waals surface area (Å²) >= 11 is 0. The molecule has 3 amide bonds. The lowest BCUT2D eigenvalue weighted by Gasteiger charge is -2.18. The average molecular weight is 288 g/mol. The van der Waals surface area contributed by atoms with Crippen molar-refractivity contribution in [2.45, 2.75) is 12.2 Å². The topological polar surface area (TPSA) is 58.6 Å². The van der Waals surface area contributed by atoms with E-state index < -0.39 is 35.4 Å². The molecular weight excluding hydrogens is 277 g/mol. The average Bonchev–Trinajstić information content (AvgIpc) is 2.64. The van der Waals surface area contributed by atoms with E-state index in [0.717, 1.165) is 12.1 Å². The summed E-state index contributed by atoms with van der Waals surface area (Å²) in [5.74, 6) is -0.770. The number of anilines is 1. The Balaban J connectivity index is 2.42. The van der Waals surface area contributed by atoms with Gasteiger partial charge in [0.05, 0.1) is 17.9 Å². The lowest BCUT2D eigenvalue weighted by molar-refractivity contribution is -0.137. The van der Waals surface area contributed by atoms with Gasteiger partial charge in [0.1, 0.15) is 6.04 Å². The van der Waals surface area contributed by atoms with E-state index in [2.05, 4.69) is 5.32 Å². The van der Waals surface area contributed by atoms with Crippen LogP contribution in [-0.4, -0.2) is 31.7 Å². The fourth-order valence-corrected chi connectivity index (χ4v) is 1.95. The van der Waals surface area contributed by atoms with Crippen molar-refractivity contribution in [2.24, 2.45) is 0 Å². The van der Waals surface area contributed by atoms with Gasteiger partial charge < -0.3 is 10.1 Å². The second kappa shape index (κ2) is 5.12. The molecule has 0 bridgehead atoms. The van der Waals surface area contributed by atoms with E-state index >= 15 is 0 Å². The van der Waals surface area contributed by atoms with Crippen LogP contribution in [0, 0.1) is 0 Å². The Hall–Kier alpha value is -2.09. The molecule has 2 rings (SSSR count). The molecule has 0 radical (unpaired) electrons. The number of halogens is 3. The Kier molecular flexibility index (Phi) is 3.67. The first-order chi connectivity index (χ1) is 9.36. The predicted octanol–water partition coefficient (Wildman–Crippen LogP) is 1.78. The highest BCUT2D eigenvalue weighted by Crippen LogP contribution is 2.37. The van der Waals surface area contributed by atoms with Gasteiger partial charge in [0.2, 0.25) is 0 Å². The molecule has 1 saturated heterocycles. The summed E-state index contributed by atoms with van der Waals surface area (Å²) in [4.78, 5) is 24.2. The first kappa shape index (κ1) is 14.3. The third-order valence-corrected chi connectivity index (χ3v) is 2.80. The van der Waals surface area contributed by atoms with Crippen LogP contribution in [-0.2, 0) is 15.7 Å². The van der Waals surface area contributed by atoms with Crippen molar-refractivity contribution >= 4 is 17.6 Å². The van der Waals surface area contributed by atoms with Gasteiger partial charge in [0.15, 0.2) is 0 Å². The van der Waals surface area contributed by atoms with E-state index in [-0.39, 0.29) is 6.61 Å². The van der Waals surface area contributed by atoms with E-state index in [9.17, 15) is 22.8 Å². The lowest BCUT2D eigenvalue weighted by Crippen LogP contribution is -2.34. The zero-order valence-electron chi connectivity index (χ0n) is 10.4. The number of carbonyl (C=O) groups excluding carboxylic acids is 2.